The molecule has 1 aliphatic heterocycles. The Hall–Kier alpha value is -2.82. The minimum Gasteiger partial charge on any atom is -0.478 e. The Morgan fingerprint density at radius 3 is 2.58 bits per heavy atom. The summed E-state index contributed by atoms with van der Waals surface area (Å²) in [7, 11) is 1.69. The van der Waals surface area contributed by atoms with E-state index in [1.165, 1.54) is 10.5 Å². The smallest absolute Gasteiger partial charge is 0.268 e. The molecule has 0 spiro atoms. The normalized spacial score (nSPS) is 16.3. The standard InChI is InChI=1S/C19H20N2O3/c1-3-13-8-10-14(11-9-13)20-18(22)12-17-19(23)21(2)15-6-4-5-7-16(15)24-17/h4-11,17H,3,12H2,1-2H3,(H,20,22). The van der Waals surface area contributed by atoms with Crippen LogP contribution in [0.1, 0.15) is 18.9 Å². The first-order chi connectivity index (χ1) is 11.6. The van der Waals surface area contributed by atoms with Crippen molar-refractivity contribution in [3.05, 3.63) is 54.1 Å². The van der Waals surface area contributed by atoms with Crippen LogP contribution in [0.3, 0.4) is 0 Å². The maximum atomic E-state index is 12.4. The molecule has 5 nitrogen and oxygen atoms in total. The summed E-state index contributed by atoms with van der Waals surface area (Å²) in [6.07, 6.45) is 0.122. The van der Waals surface area contributed by atoms with Gasteiger partial charge in [-0.3, -0.25) is 9.59 Å². The molecule has 1 heterocycles. The number of rotatable bonds is 4. The Balaban J connectivity index is 1.67. The van der Waals surface area contributed by atoms with Gasteiger partial charge in [-0.25, -0.2) is 0 Å². The maximum Gasteiger partial charge on any atom is 0.268 e. The van der Waals surface area contributed by atoms with Crippen molar-refractivity contribution in [2.24, 2.45) is 0 Å². The van der Waals surface area contributed by atoms with E-state index in [0.717, 1.165) is 6.42 Å². The fourth-order valence-electron chi connectivity index (χ4n) is 2.71. The van der Waals surface area contributed by atoms with Crippen molar-refractivity contribution in [3.8, 4) is 5.75 Å². The molecule has 1 unspecified atom stereocenters. The lowest BCUT2D eigenvalue weighted by Gasteiger charge is -2.31. The Morgan fingerprint density at radius 2 is 1.88 bits per heavy atom. The number of para-hydroxylation sites is 2. The van der Waals surface area contributed by atoms with Gasteiger partial charge in [0, 0.05) is 12.7 Å². The summed E-state index contributed by atoms with van der Waals surface area (Å²) in [5.74, 6) is 0.153. The third-order valence-corrected chi connectivity index (χ3v) is 4.12. The summed E-state index contributed by atoms with van der Waals surface area (Å²) in [6.45, 7) is 2.08. The van der Waals surface area contributed by atoms with Crippen molar-refractivity contribution in [2.75, 3.05) is 17.3 Å². The van der Waals surface area contributed by atoms with Gasteiger partial charge in [-0.05, 0) is 36.2 Å². The molecule has 0 radical (unpaired) electrons. The van der Waals surface area contributed by atoms with Gasteiger partial charge in [-0.15, -0.1) is 0 Å². The molecule has 1 atom stereocenters. The van der Waals surface area contributed by atoms with E-state index < -0.39 is 6.10 Å². The number of anilines is 2. The molecule has 0 aliphatic carbocycles. The molecule has 1 N–H and O–H groups in total. The van der Waals surface area contributed by atoms with Crippen LogP contribution in [0.15, 0.2) is 48.5 Å². The number of likely N-dealkylation sites (N-methyl/N-ethyl adjacent to an activating group) is 1. The third-order valence-electron chi connectivity index (χ3n) is 4.12. The topological polar surface area (TPSA) is 58.6 Å². The highest BCUT2D eigenvalue weighted by Gasteiger charge is 2.33. The number of nitrogens with one attached hydrogen (secondary N) is 1. The van der Waals surface area contributed by atoms with Gasteiger partial charge in [0.05, 0.1) is 12.1 Å². The van der Waals surface area contributed by atoms with Gasteiger partial charge < -0.3 is 15.0 Å². The lowest BCUT2D eigenvalue weighted by molar-refractivity contribution is -0.130. The van der Waals surface area contributed by atoms with Gasteiger partial charge in [-0.2, -0.15) is 0 Å². The van der Waals surface area contributed by atoms with Crippen LogP contribution in [0, 0.1) is 0 Å². The number of benzene rings is 2. The van der Waals surface area contributed by atoms with Crippen LogP contribution < -0.4 is 15.0 Å². The van der Waals surface area contributed by atoms with E-state index in [1.807, 2.05) is 42.5 Å². The number of aryl methyl sites for hydroxylation is 1. The molecule has 0 saturated heterocycles. The Bertz CT molecular complexity index is 755. The first kappa shape index (κ1) is 16.1. The highest BCUT2D eigenvalue weighted by atomic mass is 16.5. The van der Waals surface area contributed by atoms with Crippen LogP contribution in [0.5, 0.6) is 5.75 Å². The predicted molar refractivity (Wildman–Crippen MR) is 93.3 cm³/mol. The minimum atomic E-state index is -0.806. The van der Waals surface area contributed by atoms with E-state index >= 15 is 0 Å². The monoisotopic (exact) mass is 324 g/mol. The summed E-state index contributed by atoms with van der Waals surface area (Å²) < 4.78 is 5.71. The largest absolute Gasteiger partial charge is 0.478 e. The molecule has 3 rings (SSSR count). The number of ether oxygens (including phenoxy) is 1. The molecular formula is C19H20N2O3. The van der Waals surface area contributed by atoms with Crippen LogP contribution in [-0.2, 0) is 16.0 Å². The summed E-state index contributed by atoms with van der Waals surface area (Å²) >= 11 is 0. The van der Waals surface area contributed by atoms with E-state index in [1.54, 1.807) is 13.1 Å². The number of fused-ring (bicyclic) bond motifs is 1. The van der Waals surface area contributed by atoms with E-state index in [9.17, 15) is 9.59 Å². The molecule has 2 aromatic rings. The zero-order chi connectivity index (χ0) is 17.1. The average Bonchev–Trinajstić information content (AvgIpc) is 2.60. The van der Waals surface area contributed by atoms with Gasteiger partial charge >= 0.3 is 0 Å². The fourth-order valence-corrected chi connectivity index (χ4v) is 2.71. The van der Waals surface area contributed by atoms with E-state index in [4.69, 9.17) is 4.74 Å². The SMILES string of the molecule is CCc1ccc(NC(=O)CC2Oc3ccccc3N(C)C2=O)cc1. The van der Waals surface area contributed by atoms with Crippen molar-refractivity contribution in [1.82, 2.24) is 0 Å². The lowest BCUT2D eigenvalue weighted by Crippen LogP contribution is -2.45. The Kier molecular flexibility index (Phi) is 4.51. The van der Waals surface area contributed by atoms with Crippen LogP contribution in [0.25, 0.3) is 0 Å². The highest BCUT2D eigenvalue weighted by molar-refractivity contribution is 6.03. The molecule has 24 heavy (non-hydrogen) atoms. The highest BCUT2D eigenvalue weighted by Crippen LogP contribution is 2.33. The van der Waals surface area contributed by atoms with Crippen molar-refractivity contribution in [1.29, 1.82) is 0 Å². The van der Waals surface area contributed by atoms with Crippen LogP contribution in [0.2, 0.25) is 0 Å². The molecule has 2 aromatic carbocycles. The van der Waals surface area contributed by atoms with Crippen LogP contribution in [-0.4, -0.2) is 25.0 Å². The summed E-state index contributed by atoms with van der Waals surface area (Å²) in [4.78, 5) is 26.2. The van der Waals surface area contributed by atoms with E-state index in [-0.39, 0.29) is 18.2 Å². The molecule has 124 valence electrons. The Morgan fingerprint density at radius 1 is 1.17 bits per heavy atom. The second-order valence-electron chi connectivity index (χ2n) is 5.77. The first-order valence-corrected chi connectivity index (χ1v) is 8.00. The van der Waals surface area contributed by atoms with Gasteiger partial charge in [0.2, 0.25) is 5.91 Å². The molecule has 1 aliphatic rings. The van der Waals surface area contributed by atoms with Crippen molar-refractivity contribution in [3.63, 3.8) is 0 Å². The predicted octanol–water partition coefficient (Wildman–Crippen LogP) is 3.00. The van der Waals surface area contributed by atoms with E-state index in [2.05, 4.69) is 12.2 Å². The summed E-state index contributed by atoms with van der Waals surface area (Å²) in [5, 5.41) is 2.81. The number of amides is 2. The average molecular weight is 324 g/mol. The lowest BCUT2D eigenvalue weighted by atomic mass is 10.1. The second kappa shape index (κ2) is 6.74. The summed E-state index contributed by atoms with van der Waals surface area (Å²) in [5.41, 5.74) is 2.64. The number of hydrogen-bond donors (Lipinski definition) is 1. The third kappa shape index (κ3) is 3.25. The second-order valence-corrected chi connectivity index (χ2v) is 5.77. The molecule has 0 fully saturated rings. The summed E-state index contributed by atoms with van der Waals surface area (Å²) in [6, 6.07) is 15.0. The maximum absolute atomic E-state index is 12.4. The molecule has 2 amide bonds. The van der Waals surface area contributed by atoms with Crippen LogP contribution >= 0.6 is 0 Å². The molecule has 0 aromatic heterocycles. The van der Waals surface area contributed by atoms with Crippen molar-refractivity contribution >= 4 is 23.2 Å². The van der Waals surface area contributed by atoms with Crippen molar-refractivity contribution in [2.45, 2.75) is 25.9 Å². The van der Waals surface area contributed by atoms with Gasteiger partial charge in [-0.1, -0.05) is 31.2 Å². The van der Waals surface area contributed by atoms with Gasteiger partial charge in [0.15, 0.2) is 6.10 Å². The Labute approximate surface area is 141 Å². The number of hydrogen-bond acceptors (Lipinski definition) is 3. The fraction of sp³-hybridized carbons (Fsp3) is 0.263. The molecule has 5 heteroatoms. The van der Waals surface area contributed by atoms with Crippen LogP contribution in [0.4, 0.5) is 11.4 Å². The zero-order valence-corrected chi connectivity index (χ0v) is 13.8. The van der Waals surface area contributed by atoms with Gasteiger partial charge in [0.25, 0.3) is 5.91 Å². The molecule has 0 saturated carbocycles. The minimum absolute atomic E-state index is 0.0208. The van der Waals surface area contributed by atoms with Crippen molar-refractivity contribution < 1.29 is 14.3 Å². The van der Waals surface area contributed by atoms with Gasteiger partial charge in [0.1, 0.15) is 5.75 Å². The quantitative estimate of drug-likeness (QED) is 0.940. The first-order valence-electron chi connectivity index (χ1n) is 8.00. The zero-order valence-electron chi connectivity index (χ0n) is 13.8. The number of carbonyl (C=O) groups excluding carboxylic acids is 2. The van der Waals surface area contributed by atoms with E-state index in [0.29, 0.717) is 17.1 Å². The number of carbonyl (C=O) groups is 2. The molecular weight excluding hydrogens is 304 g/mol. The number of nitrogens with zero attached hydrogens (tertiary/aromatic N) is 1. The molecule has 0 bridgehead atoms.